The molecule has 1 aromatic carbocycles. The van der Waals surface area contributed by atoms with Crippen LogP contribution in [0.1, 0.15) is 65.2 Å². The number of hydrogen-bond acceptors (Lipinski definition) is 7. The lowest BCUT2D eigenvalue weighted by molar-refractivity contribution is -0.0592. The zero-order chi connectivity index (χ0) is 29.1. The number of halogens is 1. The fraction of sp³-hybridized carbons (Fsp3) is 0.375. The molecule has 0 amide bonds. The lowest BCUT2D eigenvalue weighted by Crippen LogP contribution is -2.35. The van der Waals surface area contributed by atoms with E-state index in [0.717, 1.165) is 73.0 Å². The topological polar surface area (TPSA) is 103 Å². The summed E-state index contributed by atoms with van der Waals surface area (Å²) in [6.45, 7) is 5.90. The third-order valence-corrected chi connectivity index (χ3v) is 8.15. The van der Waals surface area contributed by atoms with E-state index < -0.39 is 5.97 Å². The molecule has 2 aliphatic heterocycles. The maximum Gasteiger partial charge on any atom is 0.335 e. The van der Waals surface area contributed by atoms with Gasteiger partial charge < -0.3 is 19.1 Å². The van der Waals surface area contributed by atoms with Crippen molar-refractivity contribution in [1.29, 1.82) is 0 Å². The molecule has 10 heteroatoms. The fourth-order valence-electron chi connectivity index (χ4n) is 5.62. The number of rotatable bonds is 9. The molecule has 6 rings (SSSR count). The summed E-state index contributed by atoms with van der Waals surface area (Å²) in [6.07, 6.45) is 6.40. The minimum atomic E-state index is -0.977. The first-order valence-corrected chi connectivity index (χ1v) is 14.6. The van der Waals surface area contributed by atoms with E-state index in [1.165, 1.54) is 0 Å². The predicted molar refractivity (Wildman–Crippen MR) is 159 cm³/mol. The molecule has 1 N–H and O–H groups in total. The highest BCUT2D eigenvalue weighted by Crippen LogP contribution is 2.34. The number of nitrogens with zero attached hydrogens (tertiary/aromatic N) is 5. The molecular formula is C32H32ClN5O4. The molecule has 2 saturated heterocycles. The summed E-state index contributed by atoms with van der Waals surface area (Å²) in [5, 5.41) is 10.3. The van der Waals surface area contributed by atoms with Gasteiger partial charge in [-0.2, -0.15) is 0 Å². The Morgan fingerprint density at radius 2 is 2.02 bits per heavy atom. The van der Waals surface area contributed by atoms with Gasteiger partial charge >= 0.3 is 5.97 Å². The van der Waals surface area contributed by atoms with Crippen LogP contribution in [0.2, 0.25) is 5.02 Å². The van der Waals surface area contributed by atoms with Crippen molar-refractivity contribution in [3.63, 3.8) is 0 Å². The third-order valence-electron chi connectivity index (χ3n) is 7.92. The van der Waals surface area contributed by atoms with Crippen LogP contribution in [0.15, 0.2) is 48.8 Å². The number of imidazole rings is 1. The summed E-state index contributed by atoms with van der Waals surface area (Å²) in [5.41, 5.74) is 4.16. The zero-order valence-corrected chi connectivity index (χ0v) is 24.2. The van der Waals surface area contributed by atoms with Gasteiger partial charge in [0.1, 0.15) is 23.7 Å². The first-order chi connectivity index (χ1) is 20.5. The quantitative estimate of drug-likeness (QED) is 0.264. The number of benzene rings is 1. The van der Waals surface area contributed by atoms with Crippen molar-refractivity contribution < 1.29 is 19.4 Å². The van der Waals surface area contributed by atoms with E-state index >= 15 is 0 Å². The number of carbonyl (C=O) groups is 1. The maximum absolute atomic E-state index is 11.9. The number of pyridine rings is 2. The number of aromatic nitrogens is 4. The van der Waals surface area contributed by atoms with Crippen molar-refractivity contribution in [2.45, 2.75) is 57.9 Å². The highest BCUT2D eigenvalue weighted by Gasteiger charge is 2.28. The molecule has 216 valence electrons. The Balaban J connectivity index is 1.19. The number of likely N-dealkylation sites (tertiary alicyclic amines) is 1. The first kappa shape index (κ1) is 28.2. The van der Waals surface area contributed by atoms with Crippen LogP contribution >= 0.6 is 11.6 Å². The highest BCUT2D eigenvalue weighted by molar-refractivity contribution is 6.30. The van der Waals surface area contributed by atoms with E-state index in [2.05, 4.69) is 26.3 Å². The maximum atomic E-state index is 11.9. The summed E-state index contributed by atoms with van der Waals surface area (Å²) in [7, 11) is 0. The summed E-state index contributed by atoms with van der Waals surface area (Å²) >= 11 is 5.96. The molecule has 0 aliphatic carbocycles. The van der Waals surface area contributed by atoms with Crippen molar-refractivity contribution in [2.75, 3.05) is 19.7 Å². The number of carboxylic acid groups (broad SMARTS) is 1. The molecule has 9 nitrogen and oxygen atoms in total. The fourth-order valence-corrected chi connectivity index (χ4v) is 5.73. The van der Waals surface area contributed by atoms with Gasteiger partial charge in [0, 0.05) is 24.9 Å². The Bertz CT molecular complexity index is 1650. The largest absolute Gasteiger partial charge is 0.485 e. The van der Waals surface area contributed by atoms with Crippen LogP contribution in [0.5, 0.6) is 5.75 Å². The molecule has 1 atom stereocenters. The smallest absolute Gasteiger partial charge is 0.335 e. The second kappa shape index (κ2) is 12.5. The molecule has 0 spiro atoms. The summed E-state index contributed by atoms with van der Waals surface area (Å²) in [6, 6.07) is 10.9. The molecule has 0 bridgehead atoms. The van der Waals surface area contributed by atoms with Gasteiger partial charge in [0.2, 0.25) is 0 Å². The lowest BCUT2D eigenvalue weighted by atomic mass is 9.92. The number of fused-ring (bicyclic) bond motifs is 1. The average Bonchev–Trinajstić information content (AvgIpc) is 3.32. The number of hydrogen-bond donors (Lipinski definition) is 1. The van der Waals surface area contributed by atoms with Gasteiger partial charge in [-0.3, -0.25) is 14.9 Å². The van der Waals surface area contributed by atoms with Gasteiger partial charge in [-0.15, -0.1) is 5.92 Å². The van der Waals surface area contributed by atoms with Crippen molar-refractivity contribution in [2.24, 2.45) is 0 Å². The van der Waals surface area contributed by atoms with E-state index in [-0.39, 0.29) is 17.6 Å². The Labute approximate surface area is 249 Å². The standard InChI is InChI=1S/C32H32ClN5O4/c1-2-4-22-15-23(32(39)40)16-27-30(22)36-29(38(27)18-26-10-14-41-26)19-37-12-8-21(9-13-37)31-28(5-3-11-34-31)42-20-25-7-6-24(33)17-35-25/h3,5-7,11,15-17,21,26H,8-10,12-14,18-20H2,1H3,(H,39,40). The van der Waals surface area contributed by atoms with E-state index in [0.29, 0.717) is 30.3 Å². The van der Waals surface area contributed by atoms with Gasteiger partial charge in [-0.05, 0) is 75.7 Å². The van der Waals surface area contributed by atoms with E-state index in [1.54, 1.807) is 25.3 Å². The van der Waals surface area contributed by atoms with Crippen LogP contribution in [0.25, 0.3) is 11.0 Å². The molecule has 0 saturated carbocycles. The van der Waals surface area contributed by atoms with Crippen LogP contribution < -0.4 is 4.74 Å². The predicted octanol–water partition coefficient (Wildman–Crippen LogP) is 5.30. The Morgan fingerprint density at radius 3 is 2.71 bits per heavy atom. The molecule has 1 unspecified atom stereocenters. The second-order valence-electron chi connectivity index (χ2n) is 10.7. The van der Waals surface area contributed by atoms with Crippen LogP contribution in [-0.2, 0) is 24.4 Å². The third kappa shape index (κ3) is 6.12. The van der Waals surface area contributed by atoms with Gasteiger partial charge in [-0.25, -0.2) is 9.78 Å². The van der Waals surface area contributed by atoms with Crippen molar-refractivity contribution >= 4 is 28.6 Å². The molecule has 42 heavy (non-hydrogen) atoms. The summed E-state index contributed by atoms with van der Waals surface area (Å²) in [4.78, 5) is 28.3. The van der Waals surface area contributed by atoms with E-state index in [4.69, 9.17) is 31.0 Å². The Hall–Kier alpha value is -3.97. The van der Waals surface area contributed by atoms with Gasteiger partial charge in [0.05, 0.1) is 52.2 Å². The van der Waals surface area contributed by atoms with Crippen LogP contribution in [-0.4, -0.2) is 61.3 Å². The molecule has 3 aromatic heterocycles. The molecule has 0 radical (unpaired) electrons. The molecule has 2 fully saturated rings. The zero-order valence-electron chi connectivity index (χ0n) is 23.4. The summed E-state index contributed by atoms with van der Waals surface area (Å²) < 4.78 is 14.0. The summed E-state index contributed by atoms with van der Waals surface area (Å²) in [5.74, 6) is 6.96. The molecular weight excluding hydrogens is 554 g/mol. The normalized spacial score (nSPS) is 17.4. The number of carboxylic acids is 1. The number of ether oxygens (including phenoxy) is 2. The second-order valence-corrected chi connectivity index (χ2v) is 11.1. The SMILES string of the molecule is CC#Cc1cc(C(=O)O)cc2c1nc(CN1CCC(c3ncccc3OCc3ccc(Cl)cn3)CC1)n2CC1CCO1. The van der Waals surface area contributed by atoms with E-state index in [1.807, 2.05) is 30.5 Å². The van der Waals surface area contributed by atoms with Crippen molar-refractivity contribution in [3.05, 3.63) is 82.2 Å². The Kier molecular flexibility index (Phi) is 8.38. The molecule has 5 heterocycles. The highest BCUT2D eigenvalue weighted by atomic mass is 35.5. The number of piperidine rings is 1. The van der Waals surface area contributed by atoms with Crippen LogP contribution in [0, 0.1) is 11.8 Å². The minimum Gasteiger partial charge on any atom is -0.485 e. The van der Waals surface area contributed by atoms with Crippen LogP contribution in [0.4, 0.5) is 0 Å². The number of aromatic carboxylic acids is 1. The molecule has 4 aromatic rings. The van der Waals surface area contributed by atoms with E-state index in [9.17, 15) is 9.90 Å². The van der Waals surface area contributed by atoms with Gasteiger partial charge in [-0.1, -0.05) is 17.5 Å². The van der Waals surface area contributed by atoms with Crippen molar-refractivity contribution in [3.8, 4) is 17.6 Å². The monoisotopic (exact) mass is 585 g/mol. The minimum absolute atomic E-state index is 0.103. The van der Waals surface area contributed by atoms with Crippen LogP contribution in [0.3, 0.4) is 0 Å². The lowest BCUT2D eigenvalue weighted by Gasteiger charge is -2.32. The van der Waals surface area contributed by atoms with Crippen molar-refractivity contribution in [1.82, 2.24) is 24.4 Å². The van der Waals surface area contributed by atoms with Gasteiger partial charge in [0.15, 0.2) is 0 Å². The van der Waals surface area contributed by atoms with Gasteiger partial charge in [0.25, 0.3) is 0 Å². The Morgan fingerprint density at radius 1 is 1.19 bits per heavy atom. The first-order valence-electron chi connectivity index (χ1n) is 14.2. The molecule has 2 aliphatic rings. The average molecular weight is 586 g/mol.